The van der Waals surface area contributed by atoms with Gasteiger partial charge in [0.1, 0.15) is 17.5 Å². The maximum atomic E-state index is 13.9. The minimum atomic E-state index is -4.99. The molecule has 0 aliphatic heterocycles. The lowest BCUT2D eigenvalue weighted by molar-refractivity contribution is -0.140. The van der Waals surface area contributed by atoms with Gasteiger partial charge < -0.3 is 9.71 Å². The Kier molecular flexibility index (Phi) is 5.34. The average Bonchev–Trinajstić information content (AvgIpc) is 3.03. The first-order chi connectivity index (χ1) is 12.6. The van der Waals surface area contributed by atoms with Crippen molar-refractivity contribution in [2.24, 2.45) is 0 Å². The van der Waals surface area contributed by atoms with Crippen molar-refractivity contribution < 1.29 is 26.3 Å². The summed E-state index contributed by atoms with van der Waals surface area (Å²) in [4.78, 5) is 3.28. The fourth-order valence-corrected chi connectivity index (χ4v) is 3.09. The van der Waals surface area contributed by atoms with Gasteiger partial charge in [0.25, 0.3) is 0 Å². The Labute approximate surface area is 158 Å². The number of nitrogens with one attached hydrogen (secondary N) is 2. The van der Waals surface area contributed by atoms with Crippen molar-refractivity contribution in [1.29, 1.82) is 0 Å². The zero-order valence-corrected chi connectivity index (χ0v) is 14.7. The Hall–Kier alpha value is -2.26. The number of anilines is 1. The van der Waals surface area contributed by atoms with Crippen molar-refractivity contribution in [3.63, 3.8) is 0 Å². The number of hydrogen-bond donors (Lipinski definition) is 2. The van der Waals surface area contributed by atoms with Gasteiger partial charge in [-0.25, -0.2) is 13.2 Å². The Bertz CT molecular complexity index is 986. The van der Waals surface area contributed by atoms with Crippen LogP contribution in [0.2, 0.25) is 5.02 Å². The van der Waals surface area contributed by atoms with Crippen LogP contribution in [0.5, 0.6) is 0 Å². The molecule has 0 aliphatic carbocycles. The molecule has 0 spiro atoms. The van der Waals surface area contributed by atoms with E-state index in [9.17, 15) is 26.3 Å². The third-order valence-electron chi connectivity index (χ3n) is 3.52. The van der Waals surface area contributed by atoms with E-state index in [1.807, 2.05) is 0 Å². The molecule has 0 amide bonds. The van der Waals surface area contributed by atoms with Crippen molar-refractivity contribution in [2.75, 3.05) is 4.72 Å². The molecule has 0 fully saturated rings. The number of alkyl halides is 3. The summed E-state index contributed by atoms with van der Waals surface area (Å²) in [5, 5.41) is 0.235. The molecule has 3 aromatic rings. The third-order valence-corrected chi connectivity index (χ3v) is 4.55. The summed E-state index contributed by atoms with van der Waals surface area (Å²) >= 11 is 6.51. The Balaban J connectivity index is 1.76. The first-order valence-corrected chi connectivity index (χ1v) is 8.47. The average molecular weight is 423 g/mol. The highest BCUT2D eigenvalue weighted by atomic mass is 35.5. The third kappa shape index (κ3) is 4.36. The van der Waals surface area contributed by atoms with E-state index in [0.29, 0.717) is 16.7 Å². The van der Waals surface area contributed by atoms with Gasteiger partial charge in [-0.15, -0.1) is 0 Å². The normalized spacial score (nSPS) is 11.7. The fraction of sp³-hybridized carbons (Fsp3) is 0.0588. The molecule has 0 bridgehead atoms. The van der Waals surface area contributed by atoms with Gasteiger partial charge in [0, 0.05) is 33.4 Å². The summed E-state index contributed by atoms with van der Waals surface area (Å²) in [7, 11) is 0. The second-order valence-electron chi connectivity index (χ2n) is 5.39. The Morgan fingerprint density at radius 1 is 0.926 bits per heavy atom. The van der Waals surface area contributed by atoms with Crippen LogP contribution in [0.1, 0.15) is 5.56 Å². The highest BCUT2D eigenvalue weighted by Crippen LogP contribution is 2.35. The van der Waals surface area contributed by atoms with E-state index in [2.05, 4.69) is 9.71 Å². The number of aromatic nitrogens is 1. The van der Waals surface area contributed by atoms with Gasteiger partial charge in [-0.1, -0.05) is 11.6 Å². The zero-order valence-electron chi connectivity index (χ0n) is 13.1. The summed E-state index contributed by atoms with van der Waals surface area (Å²) < 4.78 is 81.4. The molecule has 1 aromatic heterocycles. The molecule has 0 radical (unpaired) electrons. The molecule has 27 heavy (non-hydrogen) atoms. The van der Waals surface area contributed by atoms with Crippen molar-refractivity contribution in [2.45, 2.75) is 11.1 Å². The molecule has 1 heterocycles. The van der Waals surface area contributed by atoms with E-state index in [4.69, 9.17) is 11.6 Å². The number of benzene rings is 2. The van der Waals surface area contributed by atoms with E-state index < -0.39 is 34.9 Å². The number of aromatic amines is 1. The fourth-order valence-electron chi connectivity index (χ4n) is 2.25. The largest absolute Gasteiger partial charge is 0.419 e. The number of halogens is 7. The highest BCUT2D eigenvalue weighted by Gasteiger charge is 2.35. The molecule has 0 atom stereocenters. The van der Waals surface area contributed by atoms with E-state index in [1.54, 1.807) is 0 Å². The lowest BCUT2D eigenvalue weighted by atomic mass is 10.1. The minimum Gasteiger partial charge on any atom is -0.360 e. The van der Waals surface area contributed by atoms with Gasteiger partial charge in [0.2, 0.25) is 0 Å². The highest BCUT2D eigenvalue weighted by molar-refractivity contribution is 8.00. The van der Waals surface area contributed by atoms with E-state index in [1.165, 1.54) is 24.4 Å². The van der Waals surface area contributed by atoms with Crippen LogP contribution in [0.25, 0.3) is 11.3 Å². The van der Waals surface area contributed by atoms with Crippen LogP contribution in [-0.4, -0.2) is 4.98 Å². The van der Waals surface area contributed by atoms with Crippen LogP contribution in [0.4, 0.5) is 32.0 Å². The van der Waals surface area contributed by atoms with E-state index in [0.717, 1.165) is 18.0 Å². The summed E-state index contributed by atoms with van der Waals surface area (Å²) in [6, 6.07) is 6.16. The van der Waals surface area contributed by atoms with Gasteiger partial charge in [0.15, 0.2) is 0 Å². The van der Waals surface area contributed by atoms with Gasteiger partial charge in [-0.2, -0.15) is 13.2 Å². The van der Waals surface area contributed by atoms with Gasteiger partial charge >= 0.3 is 6.18 Å². The first kappa shape index (κ1) is 19.5. The van der Waals surface area contributed by atoms with Crippen LogP contribution < -0.4 is 4.72 Å². The standard InChI is InChI=1S/C17H9ClF6N2S/c18-8-1-2-10(12(19)3-8)15-4-9(7-25-15)27-26-16-6-13(20)11(5-14(16)21)17(22,23)24/h1-7,25-26H. The molecule has 0 aliphatic rings. The maximum absolute atomic E-state index is 13.9. The summed E-state index contributed by atoms with van der Waals surface area (Å²) in [6.07, 6.45) is -3.52. The Morgan fingerprint density at radius 3 is 2.33 bits per heavy atom. The molecule has 10 heteroatoms. The monoisotopic (exact) mass is 422 g/mol. The predicted molar refractivity (Wildman–Crippen MR) is 92.0 cm³/mol. The second kappa shape index (κ2) is 7.40. The van der Waals surface area contributed by atoms with E-state index in [-0.39, 0.29) is 16.7 Å². The first-order valence-electron chi connectivity index (χ1n) is 7.28. The van der Waals surface area contributed by atoms with E-state index >= 15 is 0 Å². The van der Waals surface area contributed by atoms with Crippen LogP contribution >= 0.6 is 23.5 Å². The van der Waals surface area contributed by atoms with Crippen molar-refractivity contribution >= 4 is 29.2 Å². The van der Waals surface area contributed by atoms with Crippen molar-refractivity contribution in [1.82, 2.24) is 4.98 Å². The summed E-state index contributed by atoms with van der Waals surface area (Å²) in [5.41, 5.74) is -1.48. The predicted octanol–water partition coefficient (Wildman–Crippen LogP) is 6.89. The lowest BCUT2D eigenvalue weighted by Crippen LogP contribution is -2.09. The van der Waals surface area contributed by atoms with Crippen molar-refractivity contribution in [3.8, 4) is 11.3 Å². The molecule has 2 aromatic carbocycles. The lowest BCUT2D eigenvalue weighted by Gasteiger charge is -2.11. The van der Waals surface area contributed by atoms with Crippen LogP contribution in [-0.2, 0) is 6.18 Å². The molecular weight excluding hydrogens is 414 g/mol. The van der Waals surface area contributed by atoms with Crippen LogP contribution in [0, 0.1) is 17.5 Å². The molecule has 0 unspecified atom stereocenters. The summed E-state index contributed by atoms with van der Waals surface area (Å²) in [6.45, 7) is 0. The minimum absolute atomic E-state index is 0.0872. The SMILES string of the molecule is Fc1cc(C(F)(F)F)c(F)cc1NSc1c[nH]c(-c2ccc(Cl)cc2F)c1. The molecule has 142 valence electrons. The molecular formula is C17H9ClF6N2S. The quantitative estimate of drug-likeness (QED) is 0.354. The van der Waals surface area contributed by atoms with Gasteiger partial charge in [-0.3, -0.25) is 0 Å². The smallest absolute Gasteiger partial charge is 0.360 e. The summed E-state index contributed by atoms with van der Waals surface area (Å²) in [5.74, 6) is -3.40. The molecule has 2 N–H and O–H groups in total. The topological polar surface area (TPSA) is 27.8 Å². The van der Waals surface area contributed by atoms with Gasteiger partial charge in [0.05, 0.1) is 11.3 Å². The Morgan fingerprint density at radius 2 is 1.67 bits per heavy atom. The van der Waals surface area contributed by atoms with Crippen LogP contribution in [0.3, 0.4) is 0 Å². The second-order valence-corrected chi connectivity index (χ2v) is 6.70. The molecule has 0 saturated carbocycles. The maximum Gasteiger partial charge on any atom is 0.419 e. The molecule has 3 rings (SSSR count). The number of H-pyrrole nitrogens is 1. The van der Waals surface area contributed by atoms with Crippen LogP contribution in [0.15, 0.2) is 47.5 Å². The zero-order chi connectivity index (χ0) is 19.8. The van der Waals surface area contributed by atoms with Crippen molar-refractivity contribution in [3.05, 3.63) is 70.6 Å². The molecule has 0 saturated heterocycles. The number of rotatable bonds is 4. The van der Waals surface area contributed by atoms with Gasteiger partial charge in [-0.05, 0) is 42.3 Å². The number of hydrogen-bond acceptors (Lipinski definition) is 2. The molecule has 2 nitrogen and oxygen atoms in total.